The predicted molar refractivity (Wildman–Crippen MR) is 113 cm³/mol. The fourth-order valence-corrected chi connectivity index (χ4v) is 2.59. The Bertz CT molecular complexity index is 585. The van der Waals surface area contributed by atoms with Crippen LogP contribution in [0.15, 0.2) is 41.9 Å². The number of benzene rings is 1. The summed E-state index contributed by atoms with van der Waals surface area (Å²) in [5, 5.41) is 10.8. The Morgan fingerprint density at radius 3 is 2.62 bits per heavy atom. The van der Waals surface area contributed by atoms with Crippen molar-refractivity contribution in [3.63, 3.8) is 0 Å². The molecule has 0 saturated carbocycles. The van der Waals surface area contributed by atoms with Gasteiger partial charge in [-0.25, -0.2) is 9.67 Å². The number of guanidine groups is 1. The lowest BCUT2D eigenvalue weighted by Crippen LogP contribution is -2.37. The van der Waals surface area contributed by atoms with Crippen molar-refractivity contribution < 1.29 is 0 Å². The molecule has 0 amide bonds. The summed E-state index contributed by atoms with van der Waals surface area (Å²) in [6, 6.07) is 8.22. The fourth-order valence-electron chi connectivity index (χ4n) is 2.09. The molecule has 2 aromatic rings. The molecule has 0 unspecified atom stereocenters. The monoisotopic (exact) mass is 460 g/mol. The maximum Gasteiger partial charge on any atom is 0.191 e. The first kappa shape index (κ1) is 20.8. The van der Waals surface area contributed by atoms with Gasteiger partial charge in [0.25, 0.3) is 0 Å². The van der Waals surface area contributed by atoms with Gasteiger partial charge in [-0.2, -0.15) is 16.9 Å². The number of nitrogens with zero attached hydrogens (tertiary/aromatic N) is 4. The van der Waals surface area contributed by atoms with Crippen LogP contribution in [0.25, 0.3) is 5.69 Å². The lowest BCUT2D eigenvalue weighted by atomic mass is 10.2. The van der Waals surface area contributed by atoms with E-state index >= 15 is 0 Å². The van der Waals surface area contributed by atoms with Gasteiger partial charge in [-0.05, 0) is 42.5 Å². The molecule has 0 bridgehead atoms. The molecule has 0 radical (unpaired) electrons. The standard InChI is InChI=1S/C16H24N6S.HI/c1-17-16(19-9-3-4-10-23-2)20-11-14-5-7-15(8-6-14)22-13-18-12-21-22;/h5-8,12-13H,3-4,9-11H2,1-2H3,(H2,17,19,20);1H. The lowest BCUT2D eigenvalue weighted by Gasteiger charge is -2.12. The smallest absolute Gasteiger partial charge is 0.191 e. The molecule has 6 nitrogen and oxygen atoms in total. The summed E-state index contributed by atoms with van der Waals surface area (Å²) in [7, 11) is 1.80. The minimum atomic E-state index is 0. The van der Waals surface area contributed by atoms with Crippen molar-refractivity contribution in [1.82, 2.24) is 25.4 Å². The molecule has 2 rings (SSSR count). The summed E-state index contributed by atoms with van der Waals surface area (Å²) in [5.41, 5.74) is 2.20. The maximum atomic E-state index is 4.25. The summed E-state index contributed by atoms with van der Waals surface area (Å²) >= 11 is 1.89. The van der Waals surface area contributed by atoms with Crippen LogP contribution >= 0.6 is 35.7 Å². The third kappa shape index (κ3) is 7.08. The maximum absolute atomic E-state index is 4.25. The van der Waals surface area contributed by atoms with Crippen LogP contribution in [0.1, 0.15) is 18.4 Å². The van der Waals surface area contributed by atoms with E-state index < -0.39 is 0 Å². The minimum Gasteiger partial charge on any atom is -0.356 e. The predicted octanol–water partition coefficient (Wildman–Crippen LogP) is 2.69. The van der Waals surface area contributed by atoms with E-state index in [1.807, 2.05) is 23.9 Å². The Labute approximate surface area is 164 Å². The third-order valence-corrected chi connectivity index (χ3v) is 4.07. The molecule has 0 spiro atoms. The van der Waals surface area contributed by atoms with Crippen molar-refractivity contribution >= 4 is 41.7 Å². The summed E-state index contributed by atoms with van der Waals surface area (Å²) in [4.78, 5) is 8.20. The van der Waals surface area contributed by atoms with Crippen LogP contribution in [0.5, 0.6) is 0 Å². The molecule has 0 fully saturated rings. The molecule has 0 saturated heterocycles. The van der Waals surface area contributed by atoms with Gasteiger partial charge in [0.15, 0.2) is 5.96 Å². The summed E-state index contributed by atoms with van der Waals surface area (Å²) < 4.78 is 1.74. The summed E-state index contributed by atoms with van der Waals surface area (Å²) in [5.74, 6) is 2.06. The van der Waals surface area contributed by atoms with Crippen molar-refractivity contribution in [3.05, 3.63) is 42.5 Å². The van der Waals surface area contributed by atoms with Gasteiger partial charge in [0, 0.05) is 20.1 Å². The molecule has 0 aliphatic carbocycles. The van der Waals surface area contributed by atoms with Crippen LogP contribution in [-0.4, -0.2) is 46.3 Å². The first-order valence-electron chi connectivity index (χ1n) is 7.71. The zero-order valence-corrected chi connectivity index (χ0v) is 17.3. The molecule has 0 aliphatic heterocycles. The summed E-state index contributed by atoms with van der Waals surface area (Å²) in [6.45, 7) is 1.69. The molecular weight excluding hydrogens is 435 g/mol. The van der Waals surface area contributed by atoms with Crippen molar-refractivity contribution in [3.8, 4) is 5.69 Å². The van der Waals surface area contributed by atoms with E-state index in [2.05, 4.69) is 44.1 Å². The van der Waals surface area contributed by atoms with Gasteiger partial charge in [-0.1, -0.05) is 12.1 Å². The Balaban J connectivity index is 0.00000288. The van der Waals surface area contributed by atoms with Gasteiger partial charge in [-0.3, -0.25) is 4.99 Å². The van der Waals surface area contributed by atoms with E-state index in [0.29, 0.717) is 0 Å². The van der Waals surface area contributed by atoms with Crippen molar-refractivity contribution in [2.24, 2.45) is 4.99 Å². The average Bonchev–Trinajstić information content (AvgIpc) is 3.12. The van der Waals surface area contributed by atoms with Crippen LogP contribution in [0.3, 0.4) is 0 Å². The zero-order chi connectivity index (χ0) is 16.3. The molecule has 2 N–H and O–H groups in total. The van der Waals surface area contributed by atoms with Gasteiger partial charge in [-0.15, -0.1) is 24.0 Å². The molecule has 1 heterocycles. The van der Waals surface area contributed by atoms with Crippen LogP contribution in [-0.2, 0) is 6.54 Å². The van der Waals surface area contributed by atoms with Gasteiger partial charge >= 0.3 is 0 Å². The van der Waals surface area contributed by atoms with E-state index in [0.717, 1.165) is 31.2 Å². The minimum absolute atomic E-state index is 0. The average molecular weight is 460 g/mol. The lowest BCUT2D eigenvalue weighted by molar-refractivity contribution is 0.733. The van der Waals surface area contributed by atoms with Gasteiger partial charge in [0.2, 0.25) is 0 Å². The normalized spacial score (nSPS) is 11.0. The van der Waals surface area contributed by atoms with Crippen molar-refractivity contribution in [2.75, 3.05) is 25.6 Å². The SMILES string of the molecule is CN=C(NCCCCSC)NCc1ccc(-n2cncn2)cc1.I. The van der Waals surface area contributed by atoms with Crippen molar-refractivity contribution in [2.45, 2.75) is 19.4 Å². The first-order chi connectivity index (χ1) is 11.3. The van der Waals surface area contributed by atoms with E-state index in [1.54, 1.807) is 18.1 Å². The molecule has 8 heteroatoms. The number of aromatic nitrogens is 3. The highest BCUT2D eigenvalue weighted by atomic mass is 127. The Morgan fingerprint density at radius 2 is 2.00 bits per heavy atom. The number of hydrogen-bond donors (Lipinski definition) is 2. The number of hydrogen-bond acceptors (Lipinski definition) is 4. The second-order valence-corrected chi connectivity index (χ2v) is 6.04. The Morgan fingerprint density at radius 1 is 1.21 bits per heavy atom. The number of aliphatic imine (C=N–C) groups is 1. The van der Waals surface area contributed by atoms with Crippen molar-refractivity contribution in [1.29, 1.82) is 0 Å². The quantitative estimate of drug-likeness (QED) is 0.275. The van der Waals surface area contributed by atoms with Crippen LogP contribution < -0.4 is 10.6 Å². The number of thioether (sulfide) groups is 1. The Hall–Kier alpha value is -1.29. The highest BCUT2D eigenvalue weighted by Crippen LogP contribution is 2.07. The number of halogens is 1. The third-order valence-electron chi connectivity index (χ3n) is 3.37. The first-order valence-corrected chi connectivity index (χ1v) is 9.10. The van der Waals surface area contributed by atoms with Crippen LogP contribution in [0.2, 0.25) is 0 Å². The summed E-state index contributed by atoms with van der Waals surface area (Å²) in [6.07, 6.45) is 7.76. The number of nitrogens with one attached hydrogen (secondary N) is 2. The van der Waals surface area contributed by atoms with E-state index in [9.17, 15) is 0 Å². The second kappa shape index (κ2) is 12.1. The molecule has 132 valence electrons. The van der Waals surface area contributed by atoms with Gasteiger partial charge < -0.3 is 10.6 Å². The molecule has 1 aromatic carbocycles. The highest BCUT2D eigenvalue weighted by molar-refractivity contribution is 14.0. The molecular formula is C16H25IN6S. The largest absolute Gasteiger partial charge is 0.356 e. The topological polar surface area (TPSA) is 67.1 Å². The van der Waals surface area contributed by atoms with Gasteiger partial charge in [0.1, 0.15) is 12.7 Å². The van der Waals surface area contributed by atoms with E-state index in [4.69, 9.17) is 0 Å². The highest BCUT2D eigenvalue weighted by Gasteiger charge is 2.00. The molecule has 0 atom stereocenters. The number of unbranched alkanes of at least 4 members (excludes halogenated alkanes) is 1. The van der Waals surface area contributed by atoms with E-state index in [-0.39, 0.29) is 24.0 Å². The number of rotatable bonds is 8. The van der Waals surface area contributed by atoms with E-state index in [1.165, 1.54) is 24.1 Å². The fraction of sp³-hybridized carbons (Fsp3) is 0.438. The van der Waals surface area contributed by atoms with Crippen LogP contribution in [0, 0.1) is 0 Å². The van der Waals surface area contributed by atoms with Crippen LogP contribution in [0.4, 0.5) is 0 Å². The Kier molecular flexibility index (Phi) is 10.5. The molecule has 24 heavy (non-hydrogen) atoms. The molecule has 0 aliphatic rings. The zero-order valence-electron chi connectivity index (χ0n) is 14.1. The second-order valence-electron chi connectivity index (χ2n) is 5.06. The van der Waals surface area contributed by atoms with Gasteiger partial charge in [0.05, 0.1) is 5.69 Å². The molecule has 1 aromatic heterocycles.